The molecule has 2 aromatic carbocycles. The molecule has 35 heavy (non-hydrogen) atoms. The Morgan fingerprint density at radius 2 is 1.31 bits per heavy atom. The highest BCUT2D eigenvalue weighted by molar-refractivity contribution is 5.75. The van der Waals surface area contributed by atoms with Crippen molar-refractivity contribution < 1.29 is 0 Å². The van der Waals surface area contributed by atoms with Gasteiger partial charge in [-0.1, -0.05) is 108 Å². The number of aryl methyl sites for hydroxylation is 1. The van der Waals surface area contributed by atoms with Gasteiger partial charge in [0.15, 0.2) is 0 Å². The Kier molecular flexibility index (Phi) is 11.4. The van der Waals surface area contributed by atoms with Gasteiger partial charge >= 0.3 is 0 Å². The molecule has 0 N–H and O–H groups in total. The molecule has 0 saturated heterocycles. The van der Waals surface area contributed by atoms with Gasteiger partial charge in [-0.05, 0) is 67.1 Å². The van der Waals surface area contributed by atoms with E-state index in [0.29, 0.717) is 17.0 Å². The van der Waals surface area contributed by atoms with Gasteiger partial charge < -0.3 is 0 Å². The largest absolute Gasteiger partial charge is 0.192 e. The fraction of sp³-hybridized carbons (Fsp3) is 0.576. The summed E-state index contributed by atoms with van der Waals surface area (Å²) in [5.74, 6) is 1.25. The Morgan fingerprint density at radius 1 is 0.686 bits per heavy atom. The quantitative estimate of drug-likeness (QED) is 0.275. The van der Waals surface area contributed by atoms with Crippen molar-refractivity contribution in [2.24, 2.45) is 5.92 Å². The summed E-state index contributed by atoms with van der Waals surface area (Å²) in [5, 5.41) is 20.1. The van der Waals surface area contributed by atoms with Crippen LogP contribution in [0.4, 0.5) is 0 Å². The standard InChI is InChI=1S/C33H44N2/c1-3-5-7-9-11-13-27-16-20-29(21-17-27)31-23-22-30(32(24-34)33(31)25-35)28-18-14-26(15-19-28)12-10-8-6-4-2/h16-17,20-23,26,28H,3-15,18-19H2,1-2H3. The molecule has 1 aliphatic rings. The molecule has 2 nitrogen and oxygen atoms in total. The van der Waals surface area contributed by atoms with E-state index in [1.807, 2.05) is 0 Å². The van der Waals surface area contributed by atoms with Crippen molar-refractivity contribution in [3.05, 3.63) is 58.7 Å². The molecule has 0 radical (unpaired) electrons. The molecule has 0 aliphatic heterocycles. The van der Waals surface area contributed by atoms with Crippen LogP contribution in [-0.4, -0.2) is 0 Å². The Balaban J connectivity index is 1.67. The summed E-state index contributed by atoms with van der Waals surface area (Å²) >= 11 is 0. The SMILES string of the molecule is CCCCCCCc1ccc(-c2ccc(C3CCC(CCCCCC)CC3)c(C#N)c2C#N)cc1. The van der Waals surface area contributed by atoms with Crippen molar-refractivity contribution in [2.75, 3.05) is 0 Å². The Morgan fingerprint density at radius 3 is 1.94 bits per heavy atom. The maximum atomic E-state index is 10.1. The number of hydrogen-bond acceptors (Lipinski definition) is 2. The lowest BCUT2D eigenvalue weighted by Crippen LogP contribution is -2.15. The van der Waals surface area contributed by atoms with Crippen molar-refractivity contribution in [1.82, 2.24) is 0 Å². The van der Waals surface area contributed by atoms with Crippen molar-refractivity contribution in [3.8, 4) is 23.3 Å². The zero-order chi connectivity index (χ0) is 24.9. The third kappa shape index (κ3) is 7.70. The summed E-state index contributed by atoms with van der Waals surface area (Å²) in [4.78, 5) is 0. The lowest BCUT2D eigenvalue weighted by Gasteiger charge is -2.29. The lowest BCUT2D eigenvalue weighted by molar-refractivity contribution is 0.302. The molecule has 0 amide bonds. The van der Waals surface area contributed by atoms with E-state index in [0.717, 1.165) is 41.9 Å². The second kappa shape index (κ2) is 14.7. The highest BCUT2D eigenvalue weighted by atomic mass is 14.3. The van der Waals surface area contributed by atoms with Crippen LogP contribution in [-0.2, 0) is 6.42 Å². The second-order valence-corrected chi connectivity index (χ2v) is 10.6. The normalized spacial score (nSPS) is 17.6. The van der Waals surface area contributed by atoms with Crippen molar-refractivity contribution >= 4 is 0 Å². The summed E-state index contributed by atoms with van der Waals surface area (Å²) in [6.07, 6.45) is 19.1. The average molecular weight is 469 g/mol. The second-order valence-electron chi connectivity index (χ2n) is 10.6. The van der Waals surface area contributed by atoms with Crippen molar-refractivity contribution in [2.45, 2.75) is 116 Å². The van der Waals surface area contributed by atoms with Gasteiger partial charge in [0.25, 0.3) is 0 Å². The van der Waals surface area contributed by atoms with Crippen LogP contribution in [0.2, 0.25) is 0 Å². The van der Waals surface area contributed by atoms with Gasteiger partial charge in [-0.3, -0.25) is 0 Å². The monoisotopic (exact) mass is 468 g/mol. The number of nitriles is 2. The van der Waals surface area contributed by atoms with Crippen LogP contribution in [0.3, 0.4) is 0 Å². The maximum absolute atomic E-state index is 10.1. The van der Waals surface area contributed by atoms with Crippen molar-refractivity contribution in [1.29, 1.82) is 10.5 Å². The molecule has 2 aromatic rings. The molecule has 0 spiro atoms. The molecular formula is C33H44N2. The van der Waals surface area contributed by atoms with E-state index in [1.165, 1.54) is 82.6 Å². The molecule has 186 valence electrons. The van der Waals surface area contributed by atoms with E-state index in [1.54, 1.807) is 0 Å². The summed E-state index contributed by atoms with van der Waals surface area (Å²) in [6, 6.07) is 17.7. The predicted molar refractivity (Wildman–Crippen MR) is 147 cm³/mol. The van der Waals surface area contributed by atoms with E-state index in [9.17, 15) is 10.5 Å². The maximum Gasteiger partial charge on any atom is 0.101 e. The summed E-state index contributed by atoms with van der Waals surface area (Å²) < 4.78 is 0. The Hall–Kier alpha value is -2.58. The first-order valence-corrected chi connectivity index (χ1v) is 14.3. The average Bonchev–Trinajstić information content (AvgIpc) is 2.91. The van der Waals surface area contributed by atoms with Crippen LogP contribution in [0.15, 0.2) is 36.4 Å². The topological polar surface area (TPSA) is 47.6 Å². The molecule has 1 saturated carbocycles. The predicted octanol–water partition coefficient (Wildman–Crippen LogP) is 9.85. The third-order valence-corrected chi connectivity index (χ3v) is 8.05. The number of benzene rings is 2. The zero-order valence-corrected chi connectivity index (χ0v) is 22.1. The molecule has 3 rings (SSSR count). The van der Waals surface area contributed by atoms with E-state index in [4.69, 9.17) is 0 Å². The minimum atomic E-state index is 0.410. The van der Waals surface area contributed by atoms with E-state index < -0.39 is 0 Å². The van der Waals surface area contributed by atoms with Crippen LogP contribution in [0.5, 0.6) is 0 Å². The van der Waals surface area contributed by atoms with E-state index in [-0.39, 0.29) is 0 Å². The smallest absolute Gasteiger partial charge is 0.101 e. The number of unbranched alkanes of at least 4 members (excludes halogenated alkanes) is 7. The fourth-order valence-corrected chi connectivity index (χ4v) is 5.84. The first kappa shape index (κ1) is 27.0. The minimum Gasteiger partial charge on any atom is -0.192 e. The molecule has 1 fully saturated rings. The number of rotatable bonds is 13. The van der Waals surface area contributed by atoms with E-state index in [2.05, 4.69) is 62.4 Å². The summed E-state index contributed by atoms with van der Waals surface area (Å²) in [6.45, 7) is 4.52. The lowest BCUT2D eigenvalue weighted by atomic mass is 9.75. The number of hydrogen-bond donors (Lipinski definition) is 0. The third-order valence-electron chi connectivity index (χ3n) is 8.05. The van der Waals surface area contributed by atoms with Crippen LogP contribution < -0.4 is 0 Å². The van der Waals surface area contributed by atoms with E-state index >= 15 is 0 Å². The first-order valence-electron chi connectivity index (χ1n) is 14.3. The highest BCUT2D eigenvalue weighted by Crippen LogP contribution is 2.41. The minimum absolute atomic E-state index is 0.410. The van der Waals surface area contributed by atoms with Gasteiger partial charge in [0.05, 0.1) is 11.1 Å². The van der Waals surface area contributed by atoms with Gasteiger partial charge in [-0.25, -0.2) is 0 Å². The molecule has 0 heterocycles. The van der Waals surface area contributed by atoms with Crippen LogP contribution in [0.25, 0.3) is 11.1 Å². The molecule has 0 aromatic heterocycles. The summed E-state index contributed by atoms with van der Waals surface area (Å²) in [7, 11) is 0. The van der Waals surface area contributed by atoms with Gasteiger partial charge in [-0.15, -0.1) is 0 Å². The van der Waals surface area contributed by atoms with Crippen LogP contribution in [0, 0.1) is 28.6 Å². The molecular weight excluding hydrogens is 424 g/mol. The van der Waals surface area contributed by atoms with Crippen molar-refractivity contribution in [3.63, 3.8) is 0 Å². The zero-order valence-electron chi connectivity index (χ0n) is 22.1. The van der Waals surface area contributed by atoms with Gasteiger partial charge in [0, 0.05) is 5.56 Å². The Bertz CT molecular complexity index is 981. The van der Waals surface area contributed by atoms with Gasteiger partial charge in [-0.2, -0.15) is 10.5 Å². The van der Waals surface area contributed by atoms with Gasteiger partial charge in [0.2, 0.25) is 0 Å². The van der Waals surface area contributed by atoms with Crippen LogP contribution in [0.1, 0.15) is 132 Å². The fourth-order valence-electron chi connectivity index (χ4n) is 5.84. The molecule has 0 unspecified atom stereocenters. The molecule has 0 bridgehead atoms. The van der Waals surface area contributed by atoms with Crippen LogP contribution >= 0.6 is 0 Å². The van der Waals surface area contributed by atoms with Gasteiger partial charge in [0.1, 0.15) is 12.1 Å². The highest BCUT2D eigenvalue weighted by Gasteiger charge is 2.26. The number of nitrogens with zero attached hydrogens (tertiary/aromatic N) is 2. The first-order chi connectivity index (χ1) is 17.2. The molecule has 2 heteroatoms. The molecule has 0 atom stereocenters. The Labute approximate surface area is 214 Å². The summed E-state index contributed by atoms with van der Waals surface area (Å²) in [5.41, 5.74) is 5.55. The molecule has 1 aliphatic carbocycles.